The molecule has 4 rings (SSSR count). The minimum Gasteiger partial charge on any atom is -0.356 e. The summed E-state index contributed by atoms with van der Waals surface area (Å²) < 4.78 is 0. The Kier molecular flexibility index (Phi) is 5.99. The fourth-order valence-corrected chi connectivity index (χ4v) is 5.14. The maximum absolute atomic E-state index is 5.02. The van der Waals surface area contributed by atoms with Crippen LogP contribution in [0.15, 0.2) is 24.3 Å². The van der Waals surface area contributed by atoms with Crippen LogP contribution in [0.1, 0.15) is 80.6 Å². The lowest BCUT2D eigenvalue weighted by atomic mass is 9.80. The second-order valence-electron chi connectivity index (χ2n) is 8.82. The van der Waals surface area contributed by atoms with Crippen LogP contribution >= 0.6 is 0 Å². The summed E-state index contributed by atoms with van der Waals surface area (Å²) in [5, 5.41) is 0. The number of benzene rings is 1. The molecule has 28 heavy (non-hydrogen) atoms. The average Bonchev–Trinajstić information content (AvgIpc) is 2.73. The molecule has 0 bridgehead atoms. The van der Waals surface area contributed by atoms with Gasteiger partial charge in [0.1, 0.15) is 11.6 Å². The molecule has 2 aromatic rings. The van der Waals surface area contributed by atoms with Crippen molar-refractivity contribution < 1.29 is 0 Å². The van der Waals surface area contributed by atoms with Gasteiger partial charge in [0.2, 0.25) is 0 Å². The minimum atomic E-state index is 0.600. The van der Waals surface area contributed by atoms with Gasteiger partial charge in [-0.1, -0.05) is 51.5 Å². The van der Waals surface area contributed by atoms with Gasteiger partial charge in [-0.3, -0.25) is 0 Å². The van der Waals surface area contributed by atoms with Crippen molar-refractivity contribution in [3.05, 3.63) is 52.5 Å². The van der Waals surface area contributed by atoms with E-state index in [0.717, 1.165) is 44.1 Å². The van der Waals surface area contributed by atoms with E-state index in [9.17, 15) is 0 Å². The molecule has 1 aliphatic heterocycles. The number of hydrogen-bond donors (Lipinski definition) is 0. The Morgan fingerprint density at radius 2 is 1.96 bits per heavy atom. The molecule has 0 amide bonds. The van der Waals surface area contributed by atoms with Crippen LogP contribution in [0.25, 0.3) is 0 Å². The molecule has 1 saturated heterocycles. The van der Waals surface area contributed by atoms with Crippen LogP contribution < -0.4 is 4.90 Å². The Morgan fingerprint density at radius 1 is 1.11 bits per heavy atom. The molecule has 2 heterocycles. The van der Waals surface area contributed by atoms with Gasteiger partial charge in [0.25, 0.3) is 0 Å². The number of nitrogens with zero attached hydrogens (tertiary/aromatic N) is 3. The van der Waals surface area contributed by atoms with Crippen molar-refractivity contribution in [2.24, 2.45) is 5.92 Å². The van der Waals surface area contributed by atoms with E-state index in [-0.39, 0.29) is 0 Å². The number of aryl methyl sites for hydroxylation is 2. The maximum atomic E-state index is 5.02. The Morgan fingerprint density at radius 3 is 2.75 bits per heavy atom. The number of rotatable bonds is 5. The quantitative estimate of drug-likeness (QED) is 0.689. The van der Waals surface area contributed by atoms with Crippen LogP contribution in [0.3, 0.4) is 0 Å². The number of aromatic nitrogens is 2. The van der Waals surface area contributed by atoms with Gasteiger partial charge in [0.05, 0.1) is 5.69 Å². The molecule has 0 N–H and O–H groups in total. The van der Waals surface area contributed by atoms with Crippen molar-refractivity contribution in [3.63, 3.8) is 0 Å². The summed E-state index contributed by atoms with van der Waals surface area (Å²) in [6.45, 7) is 9.14. The Bertz CT molecular complexity index is 813. The van der Waals surface area contributed by atoms with Crippen LogP contribution in [0.5, 0.6) is 0 Å². The van der Waals surface area contributed by atoms with Crippen molar-refractivity contribution >= 4 is 5.82 Å². The summed E-state index contributed by atoms with van der Waals surface area (Å²) in [6, 6.07) is 9.09. The molecule has 1 aliphatic carbocycles. The van der Waals surface area contributed by atoms with E-state index in [0.29, 0.717) is 5.92 Å². The normalized spacial score (nSPS) is 22.2. The van der Waals surface area contributed by atoms with Gasteiger partial charge >= 0.3 is 0 Å². The van der Waals surface area contributed by atoms with Crippen LogP contribution in [-0.2, 0) is 25.7 Å². The van der Waals surface area contributed by atoms with E-state index in [1.807, 2.05) is 0 Å². The summed E-state index contributed by atoms with van der Waals surface area (Å²) in [6.07, 6.45) is 9.35. The van der Waals surface area contributed by atoms with Crippen molar-refractivity contribution in [2.75, 3.05) is 18.0 Å². The van der Waals surface area contributed by atoms with Gasteiger partial charge < -0.3 is 4.90 Å². The largest absolute Gasteiger partial charge is 0.356 e. The average molecular weight is 378 g/mol. The van der Waals surface area contributed by atoms with Crippen LogP contribution in [0, 0.1) is 5.92 Å². The fourth-order valence-electron chi connectivity index (χ4n) is 5.14. The molecule has 0 saturated carbocycles. The van der Waals surface area contributed by atoms with E-state index in [1.54, 1.807) is 5.56 Å². The monoisotopic (exact) mass is 377 g/mol. The number of anilines is 1. The fraction of sp³-hybridized carbons (Fsp3) is 0.600. The molecule has 3 nitrogen and oxygen atoms in total. The standard InChI is InChI=1S/C25H35N3/c1-4-9-19-11-6-7-12-21(19)20-13-14-22-23(16-20)26-24(5-2)27-25(22)28-15-8-10-18(3)17-28/h6-7,11-12,18,20H,4-5,8-10,13-17H2,1-3H3. The lowest BCUT2D eigenvalue weighted by Gasteiger charge is -2.35. The SMILES string of the molecule is CCCc1ccccc1C1CCc2c(nc(CC)nc2N2CCCC(C)C2)C1. The highest BCUT2D eigenvalue weighted by atomic mass is 15.2. The highest BCUT2D eigenvalue weighted by molar-refractivity contribution is 5.52. The lowest BCUT2D eigenvalue weighted by Crippen LogP contribution is -2.36. The van der Waals surface area contributed by atoms with Crippen molar-refractivity contribution in [2.45, 2.75) is 78.1 Å². The molecule has 0 spiro atoms. The van der Waals surface area contributed by atoms with Gasteiger partial charge in [-0.05, 0) is 61.5 Å². The lowest BCUT2D eigenvalue weighted by molar-refractivity contribution is 0.441. The highest BCUT2D eigenvalue weighted by Gasteiger charge is 2.29. The van der Waals surface area contributed by atoms with Crippen LogP contribution in [0.2, 0.25) is 0 Å². The van der Waals surface area contributed by atoms with Crippen molar-refractivity contribution in [3.8, 4) is 0 Å². The van der Waals surface area contributed by atoms with Gasteiger partial charge in [-0.15, -0.1) is 0 Å². The molecule has 1 aromatic heterocycles. The molecule has 2 atom stereocenters. The molecule has 3 heteroatoms. The third-order valence-electron chi connectivity index (χ3n) is 6.59. The Hall–Kier alpha value is -1.90. The molecule has 2 unspecified atom stereocenters. The van der Waals surface area contributed by atoms with Crippen LogP contribution in [-0.4, -0.2) is 23.1 Å². The van der Waals surface area contributed by atoms with E-state index in [4.69, 9.17) is 9.97 Å². The van der Waals surface area contributed by atoms with Crippen LogP contribution in [0.4, 0.5) is 5.82 Å². The molecule has 2 aliphatic rings. The molecule has 150 valence electrons. The molecular formula is C25H35N3. The molecule has 1 fully saturated rings. The molecule has 0 radical (unpaired) electrons. The zero-order valence-corrected chi connectivity index (χ0v) is 17.9. The Labute approximate surface area is 170 Å². The van der Waals surface area contributed by atoms with E-state index < -0.39 is 0 Å². The van der Waals surface area contributed by atoms with Crippen molar-refractivity contribution in [1.82, 2.24) is 9.97 Å². The maximum Gasteiger partial charge on any atom is 0.135 e. The van der Waals surface area contributed by atoms with E-state index in [1.165, 1.54) is 54.7 Å². The van der Waals surface area contributed by atoms with Gasteiger partial charge in [0, 0.05) is 25.1 Å². The number of hydrogen-bond acceptors (Lipinski definition) is 3. The summed E-state index contributed by atoms with van der Waals surface area (Å²) in [4.78, 5) is 12.6. The first-order chi connectivity index (χ1) is 13.7. The predicted molar refractivity (Wildman–Crippen MR) is 117 cm³/mol. The zero-order valence-electron chi connectivity index (χ0n) is 17.9. The minimum absolute atomic E-state index is 0.600. The summed E-state index contributed by atoms with van der Waals surface area (Å²) >= 11 is 0. The molecular weight excluding hydrogens is 342 g/mol. The molecule has 1 aromatic carbocycles. The smallest absolute Gasteiger partial charge is 0.135 e. The third kappa shape index (κ3) is 3.94. The second-order valence-corrected chi connectivity index (χ2v) is 8.82. The first-order valence-electron chi connectivity index (χ1n) is 11.4. The van der Waals surface area contributed by atoms with Gasteiger partial charge in [-0.2, -0.15) is 0 Å². The third-order valence-corrected chi connectivity index (χ3v) is 6.59. The second kappa shape index (κ2) is 8.63. The summed E-state index contributed by atoms with van der Waals surface area (Å²) in [5.41, 5.74) is 5.85. The summed E-state index contributed by atoms with van der Waals surface area (Å²) in [5.74, 6) is 3.65. The highest BCUT2D eigenvalue weighted by Crippen LogP contribution is 2.38. The van der Waals surface area contributed by atoms with Gasteiger partial charge in [0.15, 0.2) is 0 Å². The number of piperidine rings is 1. The Balaban J connectivity index is 1.66. The van der Waals surface area contributed by atoms with Crippen molar-refractivity contribution in [1.29, 1.82) is 0 Å². The van der Waals surface area contributed by atoms with Gasteiger partial charge in [-0.25, -0.2) is 9.97 Å². The predicted octanol–water partition coefficient (Wildman–Crippen LogP) is 5.50. The van der Waals surface area contributed by atoms with E-state index in [2.05, 4.69) is 49.9 Å². The first-order valence-corrected chi connectivity index (χ1v) is 11.4. The first kappa shape index (κ1) is 19.4. The zero-order chi connectivity index (χ0) is 19.5. The number of fused-ring (bicyclic) bond motifs is 1. The topological polar surface area (TPSA) is 29.0 Å². The summed E-state index contributed by atoms with van der Waals surface area (Å²) in [7, 11) is 0. The van der Waals surface area contributed by atoms with E-state index >= 15 is 0 Å².